The molecule has 1 unspecified atom stereocenters. The summed E-state index contributed by atoms with van der Waals surface area (Å²) in [6, 6.07) is 11.6. The second-order valence-electron chi connectivity index (χ2n) is 6.99. The molecule has 0 aliphatic carbocycles. The van der Waals surface area contributed by atoms with E-state index < -0.39 is 0 Å². The van der Waals surface area contributed by atoms with Gasteiger partial charge in [0.25, 0.3) is 5.91 Å². The summed E-state index contributed by atoms with van der Waals surface area (Å²) in [6.07, 6.45) is 4.03. The number of amides is 1. The number of carbonyl (C=O) groups excluding carboxylic acids is 1. The van der Waals surface area contributed by atoms with E-state index in [2.05, 4.69) is 24.1 Å². The van der Waals surface area contributed by atoms with Gasteiger partial charge in [0.1, 0.15) is 0 Å². The fourth-order valence-corrected chi connectivity index (χ4v) is 3.19. The predicted molar refractivity (Wildman–Crippen MR) is 99.1 cm³/mol. The van der Waals surface area contributed by atoms with Crippen LogP contribution in [0.15, 0.2) is 48.8 Å². The van der Waals surface area contributed by atoms with E-state index in [1.54, 1.807) is 0 Å². The van der Waals surface area contributed by atoms with Crippen molar-refractivity contribution in [2.75, 3.05) is 32.8 Å². The minimum absolute atomic E-state index is 0.0522. The Morgan fingerprint density at radius 3 is 2.64 bits per heavy atom. The molecule has 1 aliphatic heterocycles. The molecule has 5 heteroatoms. The van der Waals surface area contributed by atoms with Crippen molar-refractivity contribution in [3.63, 3.8) is 0 Å². The van der Waals surface area contributed by atoms with Gasteiger partial charge < -0.3 is 14.6 Å². The number of ether oxygens (including phenoxy) is 1. The third-order valence-corrected chi connectivity index (χ3v) is 4.37. The molecule has 1 aromatic carbocycles. The zero-order valence-electron chi connectivity index (χ0n) is 15.0. The first-order valence-electron chi connectivity index (χ1n) is 8.97. The Morgan fingerprint density at radius 1 is 1.24 bits per heavy atom. The summed E-state index contributed by atoms with van der Waals surface area (Å²) < 4.78 is 7.80. The molecule has 1 atom stereocenters. The van der Waals surface area contributed by atoms with Crippen LogP contribution in [-0.4, -0.2) is 54.3 Å². The lowest BCUT2D eigenvalue weighted by atomic mass is 10.1. The summed E-state index contributed by atoms with van der Waals surface area (Å²) in [4.78, 5) is 14.8. The number of hydrogen-bond acceptors (Lipinski definition) is 3. The molecular weight excluding hydrogens is 314 g/mol. The number of rotatable bonds is 6. The van der Waals surface area contributed by atoms with Gasteiger partial charge in [-0.3, -0.25) is 9.69 Å². The monoisotopic (exact) mass is 341 g/mol. The van der Waals surface area contributed by atoms with Crippen LogP contribution in [0.25, 0.3) is 5.69 Å². The van der Waals surface area contributed by atoms with Crippen LogP contribution < -0.4 is 5.32 Å². The summed E-state index contributed by atoms with van der Waals surface area (Å²) in [6.45, 7) is 8.67. The van der Waals surface area contributed by atoms with Crippen LogP contribution in [0.5, 0.6) is 0 Å². The minimum atomic E-state index is -0.0522. The van der Waals surface area contributed by atoms with E-state index in [9.17, 15) is 4.79 Å². The lowest BCUT2D eigenvalue weighted by molar-refractivity contribution is -0.0295. The number of benzene rings is 1. The Kier molecular flexibility index (Phi) is 5.89. The van der Waals surface area contributed by atoms with Crippen molar-refractivity contribution < 1.29 is 9.53 Å². The van der Waals surface area contributed by atoms with Gasteiger partial charge in [-0.1, -0.05) is 13.8 Å². The van der Waals surface area contributed by atoms with Crippen molar-refractivity contribution in [3.05, 3.63) is 54.4 Å². The zero-order valence-corrected chi connectivity index (χ0v) is 15.0. The second kappa shape index (κ2) is 8.32. The fraction of sp³-hybridized carbons (Fsp3) is 0.450. The van der Waals surface area contributed by atoms with Crippen molar-refractivity contribution in [1.82, 2.24) is 14.8 Å². The third kappa shape index (κ3) is 4.94. The van der Waals surface area contributed by atoms with Crippen molar-refractivity contribution in [2.45, 2.75) is 20.0 Å². The topological polar surface area (TPSA) is 46.5 Å². The highest BCUT2D eigenvalue weighted by Crippen LogP contribution is 2.11. The van der Waals surface area contributed by atoms with Gasteiger partial charge in [-0.05, 0) is 42.3 Å². The Morgan fingerprint density at radius 2 is 1.96 bits per heavy atom. The first-order valence-corrected chi connectivity index (χ1v) is 8.97. The maximum Gasteiger partial charge on any atom is 0.251 e. The largest absolute Gasteiger partial charge is 0.374 e. The highest BCUT2D eigenvalue weighted by molar-refractivity contribution is 5.94. The standard InChI is InChI=1S/C20H27N3O2/c1-16(2)14-22-11-12-25-19(15-22)13-21-20(24)17-5-7-18(8-6-17)23-9-3-4-10-23/h3-10,16,19H,11-15H2,1-2H3,(H,21,24). The molecule has 5 nitrogen and oxygen atoms in total. The highest BCUT2D eigenvalue weighted by Gasteiger charge is 2.21. The molecule has 3 rings (SSSR count). The Hall–Kier alpha value is -2.11. The molecule has 1 aromatic heterocycles. The molecule has 0 spiro atoms. The Labute approximate surface area is 149 Å². The van der Waals surface area contributed by atoms with Crippen LogP contribution in [0.2, 0.25) is 0 Å². The van der Waals surface area contributed by atoms with Gasteiger partial charge in [-0.25, -0.2) is 0 Å². The molecule has 1 N–H and O–H groups in total. The smallest absolute Gasteiger partial charge is 0.251 e. The number of nitrogens with one attached hydrogen (secondary N) is 1. The number of nitrogens with zero attached hydrogens (tertiary/aromatic N) is 2. The van der Waals surface area contributed by atoms with Crippen LogP contribution >= 0.6 is 0 Å². The molecule has 0 bridgehead atoms. The summed E-state index contributed by atoms with van der Waals surface area (Å²) >= 11 is 0. The summed E-state index contributed by atoms with van der Waals surface area (Å²) in [5, 5.41) is 3.00. The van der Waals surface area contributed by atoms with Crippen LogP contribution in [0.1, 0.15) is 24.2 Å². The van der Waals surface area contributed by atoms with Crippen LogP contribution in [-0.2, 0) is 4.74 Å². The van der Waals surface area contributed by atoms with Crippen molar-refractivity contribution in [2.24, 2.45) is 5.92 Å². The third-order valence-electron chi connectivity index (χ3n) is 4.37. The average molecular weight is 341 g/mol. The quantitative estimate of drug-likeness (QED) is 0.878. The second-order valence-corrected chi connectivity index (χ2v) is 6.99. The van der Waals surface area contributed by atoms with Gasteiger partial charge in [0.2, 0.25) is 0 Å². The van der Waals surface area contributed by atoms with Crippen molar-refractivity contribution in [3.8, 4) is 5.69 Å². The summed E-state index contributed by atoms with van der Waals surface area (Å²) in [5.41, 5.74) is 1.72. The highest BCUT2D eigenvalue weighted by atomic mass is 16.5. The zero-order chi connectivity index (χ0) is 17.6. The maximum absolute atomic E-state index is 12.4. The molecule has 0 radical (unpaired) electrons. The van der Waals surface area contributed by atoms with E-state index in [1.165, 1.54) is 0 Å². The van der Waals surface area contributed by atoms with E-state index in [0.717, 1.165) is 31.9 Å². The Bertz CT molecular complexity index is 665. The van der Waals surface area contributed by atoms with Gasteiger partial charge in [-0.15, -0.1) is 0 Å². The van der Waals surface area contributed by atoms with Gasteiger partial charge in [0, 0.05) is 49.8 Å². The predicted octanol–water partition coefficient (Wildman–Crippen LogP) is 2.56. The summed E-state index contributed by atoms with van der Waals surface area (Å²) in [7, 11) is 0. The van der Waals surface area contributed by atoms with Crippen LogP contribution in [0.4, 0.5) is 0 Å². The lowest BCUT2D eigenvalue weighted by Crippen LogP contribution is -2.48. The van der Waals surface area contributed by atoms with Gasteiger partial charge in [0.05, 0.1) is 12.7 Å². The molecule has 2 aromatic rings. The van der Waals surface area contributed by atoms with E-state index in [4.69, 9.17) is 4.74 Å². The van der Waals surface area contributed by atoms with Crippen molar-refractivity contribution >= 4 is 5.91 Å². The van der Waals surface area contributed by atoms with Crippen molar-refractivity contribution in [1.29, 1.82) is 0 Å². The van der Waals surface area contributed by atoms with E-state index in [1.807, 2.05) is 53.4 Å². The first kappa shape index (κ1) is 17.7. The molecule has 2 heterocycles. The molecular formula is C20H27N3O2. The molecule has 134 valence electrons. The van der Waals surface area contributed by atoms with Crippen LogP contribution in [0.3, 0.4) is 0 Å². The molecule has 1 aliphatic rings. The number of hydrogen-bond donors (Lipinski definition) is 1. The molecule has 0 saturated carbocycles. The molecule has 1 fully saturated rings. The van der Waals surface area contributed by atoms with Gasteiger partial charge >= 0.3 is 0 Å². The average Bonchev–Trinajstić information content (AvgIpc) is 3.14. The van der Waals surface area contributed by atoms with E-state index in [-0.39, 0.29) is 12.0 Å². The van der Waals surface area contributed by atoms with E-state index in [0.29, 0.717) is 18.0 Å². The molecule has 1 saturated heterocycles. The fourth-order valence-electron chi connectivity index (χ4n) is 3.19. The van der Waals surface area contributed by atoms with E-state index >= 15 is 0 Å². The Balaban J connectivity index is 1.50. The minimum Gasteiger partial charge on any atom is -0.374 e. The number of morpholine rings is 1. The molecule has 25 heavy (non-hydrogen) atoms. The molecule has 1 amide bonds. The van der Waals surface area contributed by atoms with Gasteiger partial charge in [-0.2, -0.15) is 0 Å². The normalized spacial score (nSPS) is 18.4. The lowest BCUT2D eigenvalue weighted by Gasteiger charge is -2.33. The first-order chi connectivity index (χ1) is 12.1. The van der Waals surface area contributed by atoms with Crippen LogP contribution in [0, 0.1) is 5.92 Å². The SMILES string of the molecule is CC(C)CN1CCOC(CNC(=O)c2ccc(-n3cccc3)cc2)C1. The maximum atomic E-state index is 12.4. The summed E-state index contributed by atoms with van der Waals surface area (Å²) in [5.74, 6) is 0.593. The van der Waals surface area contributed by atoms with Gasteiger partial charge in [0.15, 0.2) is 0 Å². The number of aromatic nitrogens is 1. The number of carbonyl (C=O) groups is 1.